The fourth-order valence-electron chi connectivity index (χ4n) is 3.09. The Morgan fingerprint density at radius 2 is 2.04 bits per heavy atom. The Kier molecular flexibility index (Phi) is 10.3. The van der Waals surface area contributed by atoms with Gasteiger partial charge >= 0.3 is 0 Å². The second-order valence-corrected chi connectivity index (χ2v) is 6.80. The molecule has 1 aromatic carbocycles. The third kappa shape index (κ3) is 7.00. The summed E-state index contributed by atoms with van der Waals surface area (Å²) in [6.45, 7) is 12.5. The lowest BCUT2D eigenvalue weighted by Crippen LogP contribution is -2.43. The maximum atomic E-state index is 5.57. The van der Waals surface area contributed by atoms with Crippen molar-refractivity contribution in [1.82, 2.24) is 20.4 Å². The maximum absolute atomic E-state index is 5.57. The first-order valence-electron chi connectivity index (χ1n) is 9.70. The highest BCUT2D eigenvalue weighted by atomic mass is 127. The topological polar surface area (TPSA) is 63.5 Å². The highest BCUT2D eigenvalue weighted by Gasteiger charge is 2.14. The van der Waals surface area contributed by atoms with Crippen LogP contribution in [0.25, 0.3) is 0 Å². The van der Waals surface area contributed by atoms with Crippen LogP contribution in [0.2, 0.25) is 0 Å². The van der Waals surface area contributed by atoms with Gasteiger partial charge in [-0.05, 0) is 64.3 Å². The SMILES string of the molecule is CCNC(=NCc1cccc(OCC)c1)NC(C)Cc1c(C)nn(C)c1C.I. The lowest BCUT2D eigenvalue weighted by atomic mass is 10.1. The third-order valence-corrected chi connectivity index (χ3v) is 4.53. The van der Waals surface area contributed by atoms with Gasteiger partial charge in [0.2, 0.25) is 0 Å². The molecule has 0 radical (unpaired) electrons. The van der Waals surface area contributed by atoms with E-state index in [2.05, 4.69) is 49.5 Å². The summed E-state index contributed by atoms with van der Waals surface area (Å²) in [5.74, 6) is 1.71. The first-order chi connectivity index (χ1) is 12.9. The van der Waals surface area contributed by atoms with E-state index >= 15 is 0 Å². The van der Waals surface area contributed by atoms with Crippen LogP contribution in [-0.2, 0) is 20.0 Å². The normalized spacial score (nSPS) is 12.3. The van der Waals surface area contributed by atoms with E-state index in [1.165, 1.54) is 11.3 Å². The molecule has 1 heterocycles. The van der Waals surface area contributed by atoms with Gasteiger partial charge in [-0.15, -0.1) is 24.0 Å². The number of benzene rings is 1. The summed E-state index contributed by atoms with van der Waals surface area (Å²) < 4.78 is 7.51. The van der Waals surface area contributed by atoms with Crippen LogP contribution in [-0.4, -0.2) is 34.9 Å². The lowest BCUT2D eigenvalue weighted by Gasteiger charge is -2.18. The molecule has 1 atom stereocenters. The number of aromatic nitrogens is 2. The smallest absolute Gasteiger partial charge is 0.191 e. The highest BCUT2D eigenvalue weighted by Crippen LogP contribution is 2.15. The van der Waals surface area contributed by atoms with E-state index in [1.54, 1.807) is 0 Å². The van der Waals surface area contributed by atoms with E-state index in [0.717, 1.165) is 35.9 Å². The molecular weight excluding hydrogens is 465 g/mol. The molecule has 2 rings (SSSR count). The van der Waals surface area contributed by atoms with Crippen molar-refractivity contribution in [1.29, 1.82) is 0 Å². The molecule has 0 spiro atoms. The number of halogens is 1. The molecule has 0 bridgehead atoms. The number of hydrogen-bond acceptors (Lipinski definition) is 3. The standard InChI is InChI=1S/C21H33N5O.HI/c1-7-22-21(23-14-18-10-9-11-19(13-18)27-8-2)24-15(3)12-20-16(4)25-26(6)17(20)5;/h9-11,13,15H,7-8,12,14H2,1-6H3,(H2,22,23,24);1H. The molecule has 28 heavy (non-hydrogen) atoms. The number of aliphatic imine (C=N–C) groups is 1. The lowest BCUT2D eigenvalue weighted by molar-refractivity contribution is 0.340. The monoisotopic (exact) mass is 499 g/mol. The predicted octanol–water partition coefficient (Wildman–Crippen LogP) is 3.74. The largest absolute Gasteiger partial charge is 0.494 e. The highest BCUT2D eigenvalue weighted by molar-refractivity contribution is 14.0. The van der Waals surface area contributed by atoms with E-state index in [1.807, 2.05) is 36.9 Å². The summed E-state index contributed by atoms with van der Waals surface area (Å²) >= 11 is 0. The van der Waals surface area contributed by atoms with Gasteiger partial charge in [0.15, 0.2) is 5.96 Å². The molecule has 1 aromatic heterocycles. The summed E-state index contributed by atoms with van der Waals surface area (Å²) in [6, 6.07) is 8.34. The van der Waals surface area contributed by atoms with E-state index in [9.17, 15) is 0 Å². The Hall–Kier alpha value is -1.77. The van der Waals surface area contributed by atoms with Crippen molar-refractivity contribution >= 4 is 29.9 Å². The van der Waals surface area contributed by atoms with Crippen LogP contribution in [0.4, 0.5) is 0 Å². The number of nitrogens with one attached hydrogen (secondary N) is 2. The van der Waals surface area contributed by atoms with Crippen molar-refractivity contribution in [2.45, 2.75) is 53.6 Å². The minimum atomic E-state index is 0. The molecular formula is C21H34IN5O. The van der Waals surface area contributed by atoms with Crippen LogP contribution >= 0.6 is 24.0 Å². The molecule has 1 unspecified atom stereocenters. The number of aryl methyl sites for hydroxylation is 2. The third-order valence-electron chi connectivity index (χ3n) is 4.53. The molecule has 0 aliphatic heterocycles. The first kappa shape index (κ1) is 24.3. The summed E-state index contributed by atoms with van der Waals surface area (Å²) in [4.78, 5) is 4.73. The Bertz CT molecular complexity index is 772. The minimum absolute atomic E-state index is 0. The Balaban J connectivity index is 0.00000392. The van der Waals surface area contributed by atoms with Crippen LogP contribution < -0.4 is 15.4 Å². The zero-order chi connectivity index (χ0) is 19.8. The van der Waals surface area contributed by atoms with Crippen LogP contribution in [0, 0.1) is 13.8 Å². The van der Waals surface area contributed by atoms with Crippen LogP contribution in [0.15, 0.2) is 29.3 Å². The molecule has 7 heteroatoms. The van der Waals surface area contributed by atoms with Crippen molar-refractivity contribution in [3.63, 3.8) is 0 Å². The van der Waals surface area contributed by atoms with Gasteiger partial charge in [0.05, 0.1) is 18.8 Å². The molecule has 156 valence electrons. The molecule has 0 saturated carbocycles. The van der Waals surface area contributed by atoms with E-state index in [0.29, 0.717) is 13.2 Å². The quantitative estimate of drug-likeness (QED) is 0.330. The summed E-state index contributed by atoms with van der Waals surface area (Å²) in [6.07, 6.45) is 0.912. The fraction of sp³-hybridized carbons (Fsp3) is 0.524. The molecule has 0 saturated heterocycles. The van der Waals surface area contributed by atoms with Gasteiger partial charge in [-0.1, -0.05) is 12.1 Å². The van der Waals surface area contributed by atoms with Gasteiger partial charge in [0, 0.05) is 25.3 Å². The molecule has 2 aromatic rings. The van der Waals surface area contributed by atoms with Gasteiger partial charge in [-0.3, -0.25) is 4.68 Å². The molecule has 0 aliphatic rings. The summed E-state index contributed by atoms with van der Waals surface area (Å²) in [5.41, 5.74) is 4.75. The van der Waals surface area contributed by atoms with Gasteiger partial charge in [0.1, 0.15) is 5.75 Å². The Labute approximate surface area is 186 Å². The fourth-order valence-corrected chi connectivity index (χ4v) is 3.09. The van der Waals surface area contributed by atoms with E-state index in [4.69, 9.17) is 9.73 Å². The van der Waals surface area contributed by atoms with Gasteiger partial charge < -0.3 is 15.4 Å². The van der Waals surface area contributed by atoms with Crippen molar-refractivity contribution in [2.75, 3.05) is 13.2 Å². The second-order valence-electron chi connectivity index (χ2n) is 6.80. The van der Waals surface area contributed by atoms with Gasteiger partial charge in [-0.25, -0.2) is 4.99 Å². The zero-order valence-corrected chi connectivity index (χ0v) is 20.2. The predicted molar refractivity (Wildman–Crippen MR) is 127 cm³/mol. The summed E-state index contributed by atoms with van der Waals surface area (Å²) in [7, 11) is 1.99. The Morgan fingerprint density at radius 1 is 1.29 bits per heavy atom. The number of guanidine groups is 1. The first-order valence-corrected chi connectivity index (χ1v) is 9.70. The number of nitrogens with zero attached hydrogens (tertiary/aromatic N) is 3. The van der Waals surface area contributed by atoms with Crippen molar-refractivity contribution < 1.29 is 4.74 Å². The van der Waals surface area contributed by atoms with Crippen molar-refractivity contribution in [3.05, 3.63) is 46.8 Å². The maximum Gasteiger partial charge on any atom is 0.191 e. The molecule has 2 N–H and O–H groups in total. The van der Waals surface area contributed by atoms with Crippen LogP contribution in [0.5, 0.6) is 5.75 Å². The van der Waals surface area contributed by atoms with Gasteiger partial charge in [0.25, 0.3) is 0 Å². The summed E-state index contributed by atoms with van der Waals surface area (Å²) in [5, 5.41) is 11.4. The molecule has 0 fully saturated rings. The second kappa shape index (κ2) is 11.9. The number of ether oxygens (including phenoxy) is 1. The van der Waals surface area contributed by atoms with Crippen LogP contribution in [0.3, 0.4) is 0 Å². The minimum Gasteiger partial charge on any atom is -0.494 e. The number of rotatable bonds is 8. The van der Waals surface area contributed by atoms with Crippen molar-refractivity contribution in [3.8, 4) is 5.75 Å². The average Bonchev–Trinajstić information content (AvgIpc) is 2.87. The van der Waals surface area contributed by atoms with E-state index in [-0.39, 0.29) is 30.0 Å². The van der Waals surface area contributed by atoms with Gasteiger partial charge in [-0.2, -0.15) is 5.10 Å². The zero-order valence-electron chi connectivity index (χ0n) is 17.9. The van der Waals surface area contributed by atoms with Crippen LogP contribution in [0.1, 0.15) is 43.3 Å². The molecule has 0 amide bonds. The Morgan fingerprint density at radius 3 is 2.64 bits per heavy atom. The average molecular weight is 499 g/mol. The van der Waals surface area contributed by atoms with Crippen molar-refractivity contribution in [2.24, 2.45) is 12.0 Å². The van der Waals surface area contributed by atoms with E-state index < -0.39 is 0 Å². The molecule has 0 aliphatic carbocycles. The number of hydrogen-bond donors (Lipinski definition) is 2. The molecule has 6 nitrogen and oxygen atoms in total.